The molecule has 2 N–H and O–H groups in total. The van der Waals surface area contributed by atoms with E-state index in [0.29, 0.717) is 26.7 Å². The second-order valence-corrected chi connectivity index (χ2v) is 6.94. The third-order valence-corrected chi connectivity index (χ3v) is 4.99. The summed E-state index contributed by atoms with van der Waals surface area (Å²) < 4.78 is 0.997. The van der Waals surface area contributed by atoms with Gasteiger partial charge in [-0.3, -0.25) is 4.79 Å². The van der Waals surface area contributed by atoms with Gasteiger partial charge in [-0.2, -0.15) is 0 Å². The zero-order valence-electron chi connectivity index (χ0n) is 10.2. The molecule has 1 saturated heterocycles. The number of hydrogen-bond acceptors (Lipinski definition) is 3. The van der Waals surface area contributed by atoms with Gasteiger partial charge in [-0.1, -0.05) is 30.1 Å². The molecule has 0 bridgehead atoms. The van der Waals surface area contributed by atoms with Crippen molar-refractivity contribution in [3.8, 4) is 0 Å². The van der Waals surface area contributed by atoms with Crippen LogP contribution in [0.5, 0.6) is 0 Å². The summed E-state index contributed by atoms with van der Waals surface area (Å²) in [5, 5.41) is 0. The maximum absolute atomic E-state index is 12.5. The Morgan fingerprint density at radius 1 is 1.61 bits per heavy atom. The Balaban J connectivity index is 2.24. The van der Waals surface area contributed by atoms with Gasteiger partial charge in [0.05, 0.1) is 9.90 Å². The van der Waals surface area contributed by atoms with Crippen molar-refractivity contribution in [2.75, 3.05) is 13.1 Å². The van der Waals surface area contributed by atoms with E-state index in [4.69, 9.17) is 28.9 Å². The minimum atomic E-state index is -0.0508. The van der Waals surface area contributed by atoms with E-state index in [1.807, 2.05) is 4.90 Å². The van der Waals surface area contributed by atoms with Crippen LogP contribution >= 0.6 is 34.5 Å². The van der Waals surface area contributed by atoms with Crippen LogP contribution < -0.4 is 5.73 Å². The molecule has 1 aromatic heterocycles. The fourth-order valence-electron chi connectivity index (χ4n) is 2.50. The molecule has 100 valence electrons. The van der Waals surface area contributed by atoms with Gasteiger partial charge < -0.3 is 10.6 Å². The zero-order chi connectivity index (χ0) is 13.3. The van der Waals surface area contributed by atoms with E-state index in [0.717, 1.165) is 19.4 Å². The first-order valence-corrected chi connectivity index (χ1v) is 7.57. The summed E-state index contributed by atoms with van der Waals surface area (Å²) in [5.41, 5.74) is 6.29. The number of halogens is 2. The summed E-state index contributed by atoms with van der Waals surface area (Å²) in [5.74, 6) is 0.380. The van der Waals surface area contributed by atoms with E-state index in [-0.39, 0.29) is 11.9 Å². The largest absolute Gasteiger partial charge is 0.334 e. The summed E-state index contributed by atoms with van der Waals surface area (Å²) in [7, 11) is 0. The Bertz CT molecular complexity index is 449. The van der Waals surface area contributed by atoms with Gasteiger partial charge in [-0.05, 0) is 24.8 Å². The number of carbonyl (C=O) groups excluding carboxylic acids is 1. The van der Waals surface area contributed by atoms with Crippen molar-refractivity contribution in [3.63, 3.8) is 0 Å². The molecule has 2 unspecified atom stereocenters. The highest BCUT2D eigenvalue weighted by atomic mass is 35.5. The van der Waals surface area contributed by atoms with E-state index in [9.17, 15) is 4.79 Å². The normalized spacial score (nSPS) is 24.3. The predicted molar refractivity (Wildman–Crippen MR) is 76.6 cm³/mol. The number of nitrogens with two attached hydrogens (primary N) is 1. The highest BCUT2D eigenvalue weighted by molar-refractivity contribution is 7.20. The Morgan fingerprint density at radius 3 is 2.89 bits per heavy atom. The molecule has 1 aliphatic rings. The van der Waals surface area contributed by atoms with Crippen molar-refractivity contribution in [2.24, 2.45) is 11.7 Å². The van der Waals surface area contributed by atoms with E-state index in [1.54, 1.807) is 6.07 Å². The smallest absolute Gasteiger partial charge is 0.256 e. The van der Waals surface area contributed by atoms with Gasteiger partial charge in [-0.15, -0.1) is 11.3 Å². The Morgan fingerprint density at radius 2 is 2.33 bits per heavy atom. The monoisotopic (exact) mass is 306 g/mol. The number of nitrogens with zero attached hydrogens (tertiary/aromatic N) is 1. The van der Waals surface area contributed by atoms with Crippen LogP contribution in [0.15, 0.2) is 6.07 Å². The molecule has 2 heterocycles. The molecule has 0 spiro atoms. The lowest BCUT2D eigenvalue weighted by molar-refractivity contribution is 0.0533. The van der Waals surface area contributed by atoms with Crippen molar-refractivity contribution in [1.29, 1.82) is 0 Å². The number of thiophene rings is 1. The fraction of sp³-hybridized carbons (Fsp3) is 0.583. The molecule has 1 fully saturated rings. The summed E-state index contributed by atoms with van der Waals surface area (Å²) >= 11 is 13.2. The van der Waals surface area contributed by atoms with E-state index in [1.165, 1.54) is 11.3 Å². The first kappa shape index (κ1) is 14.1. The standard InChI is InChI=1S/C12H16Cl2N2OS/c1-7-3-2-4-16(9(7)6-15)12(17)8-5-10(13)18-11(8)14/h5,7,9H,2-4,6,15H2,1H3. The molecule has 3 nitrogen and oxygen atoms in total. The molecule has 2 atom stereocenters. The maximum Gasteiger partial charge on any atom is 0.256 e. The summed E-state index contributed by atoms with van der Waals surface area (Å²) in [6.07, 6.45) is 2.13. The predicted octanol–water partition coefficient (Wildman–Crippen LogP) is 3.25. The van der Waals surface area contributed by atoms with Gasteiger partial charge >= 0.3 is 0 Å². The van der Waals surface area contributed by atoms with Crippen molar-refractivity contribution in [2.45, 2.75) is 25.8 Å². The molecule has 0 aliphatic carbocycles. The molecular formula is C12H16Cl2N2OS. The van der Waals surface area contributed by atoms with Crippen LogP contribution in [0.4, 0.5) is 0 Å². The fourth-order valence-corrected chi connectivity index (χ4v) is 3.95. The Kier molecular flexibility index (Phi) is 4.54. The summed E-state index contributed by atoms with van der Waals surface area (Å²) in [4.78, 5) is 14.3. The van der Waals surface area contributed by atoms with Gasteiger partial charge in [0.25, 0.3) is 5.91 Å². The van der Waals surface area contributed by atoms with Crippen LogP contribution in [0.25, 0.3) is 0 Å². The first-order valence-electron chi connectivity index (χ1n) is 6.00. The number of piperidine rings is 1. The molecular weight excluding hydrogens is 291 g/mol. The molecule has 1 aliphatic heterocycles. The van der Waals surface area contributed by atoms with Gasteiger partial charge in [0.15, 0.2) is 0 Å². The molecule has 0 aromatic carbocycles. The van der Waals surface area contributed by atoms with Gasteiger partial charge in [0, 0.05) is 19.1 Å². The summed E-state index contributed by atoms with van der Waals surface area (Å²) in [6, 6.07) is 1.74. The molecule has 6 heteroatoms. The Labute approximate surface area is 121 Å². The maximum atomic E-state index is 12.5. The molecule has 2 rings (SSSR count). The average Bonchev–Trinajstić information content (AvgIpc) is 2.67. The number of rotatable bonds is 2. The van der Waals surface area contributed by atoms with Crippen LogP contribution in [0, 0.1) is 5.92 Å². The molecule has 0 radical (unpaired) electrons. The third-order valence-electron chi connectivity index (χ3n) is 3.51. The van der Waals surface area contributed by atoms with Crippen LogP contribution in [0.2, 0.25) is 8.67 Å². The van der Waals surface area contributed by atoms with Crippen LogP contribution in [0.1, 0.15) is 30.1 Å². The van der Waals surface area contributed by atoms with E-state index in [2.05, 4.69) is 6.92 Å². The van der Waals surface area contributed by atoms with Crippen molar-refractivity contribution >= 4 is 40.4 Å². The average molecular weight is 307 g/mol. The number of amides is 1. The lowest BCUT2D eigenvalue weighted by atomic mass is 9.90. The quantitative estimate of drug-likeness (QED) is 0.911. The third kappa shape index (κ3) is 2.67. The van der Waals surface area contributed by atoms with Gasteiger partial charge in [0.2, 0.25) is 0 Å². The minimum absolute atomic E-state index is 0.0508. The van der Waals surface area contributed by atoms with E-state index < -0.39 is 0 Å². The Hall–Kier alpha value is -0.290. The number of carbonyl (C=O) groups is 1. The number of hydrogen-bond donors (Lipinski definition) is 1. The van der Waals surface area contributed by atoms with Crippen LogP contribution in [-0.2, 0) is 0 Å². The highest BCUT2D eigenvalue weighted by Gasteiger charge is 2.32. The first-order chi connectivity index (χ1) is 8.54. The van der Waals surface area contributed by atoms with Crippen LogP contribution in [0.3, 0.4) is 0 Å². The van der Waals surface area contributed by atoms with Gasteiger partial charge in [-0.25, -0.2) is 0 Å². The highest BCUT2D eigenvalue weighted by Crippen LogP contribution is 2.33. The topological polar surface area (TPSA) is 46.3 Å². The van der Waals surface area contributed by atoms with Gasteiger partial charge in [0.1, 0.15) is 4.34 Å². The van der Waals surface area contributed by atoms with Crippen molar-refractivity contribution < 1.29 is 4.79 Å². The second kappa shape index (κ2) is 5.78. The molecule has 0 saturated carbocycles. The number of likely N-dealkylation sites (tertiary alicyclic amines) is 1. The SMILES string of the molecule is CC1CCCN(C(=O)c2cc(Cl)sc2Cl)C1CN. The summed E-state index contributed by atoms with van der Waals surface area (Å²) in [6.45, 7) is 3.37. The minimum Gasteiger partial charge on any atom is -0.334 e. The van der Waals surface area contributed by atoms with Crippen molar-refractivity contribution in [3.05, 3.63) is 20.3 Å². The van der Waals surface area contributed by atoms with Crippen LogP contribution in [-0.4, -0.2) is 29.9 Å². The molecule has 1 amide bonds. The molecule has 18 heavy (non-hydrogen) atoms. The van der Waals surface area contributed by atoms with E-state index >= 15 is 0 Å². The lowest BCUT2D eigenvalue weighted by Gasteiger charge is -2.39. The van der Waals surface area contributed by atoms with Crippen molar-refractivity contribution in [1.82, 2.24) is 4.90 Å². The lowest BCUT2D eigenvalue weighted by Crippen LogP contribution is -2.51. The second-order valence-electron chi connectivity index (χ2n) is 4.66. The zero-order valence-corrected chi connectivity index (χ0v) is 12.5. The molecule has 1 aromatic rings.